The highest BCUT2D eigenvalue weighted by molar-refractivity contribution is 7.09. The molecule has 1 saturated carbocycles. The number of fused-ring (bicyclic) bond motifs is 1. The average molecular weight is 224 g/mol. The van der Waals surface area contributed by atoms with E-state index in [1.165, 1.54) is 12.8 Å². The summed E-state index contributed by atoms with van der Waals surface area (Å²) >= 11 is 1.58. The zero-order chi connectivity index (χ0) is 10.3. The van der Waals surface area contributed by atoms with Gasteiger partial charge in [0.2, 0.25) is 0 Å². The maximum atomic E-state index is 10.6. The first-order valence-corrected chi connectivity index (χ1v) is 6.52. The number of thiazole rings is 1. The molecule has 2 aliphatic rings. The quantitative estimate of drug-likeness (QED) is 0.759. The normalized spacial score (nSPS) is 40.3. The van der Waals surface area contributed by atoms with Crippen LogP contribution in [0.15, 0.2) is 11.6 Å². The minimum Gasteiger partial charge on any atom is -0.383 e. The lowest BCUT2D eigenvalue weighted by atomic mass is 9.93. The summed E-state index contributed by atoms with van der Waals surface area (Å²) < 4.78 is 0. The maximum Gasteiger partial charge on any atom is 0.124 e. The Hall–Kier alpha value is -0.450. The second kappa shape index (κ2) is 3.54. The Morgan fingerprint density at radius 1 is 1.53 bits per heavy atom. The Balaban J connectivity index is 1.84. The smallest absolute Gasteiger partial charge is 0.124 e. The minimum atomic E-state index is -0.652. The van der Waals surface area contributed by atoms with E-state index in [4.69, 9.17) is 0 Å². The van der Waals surface area contributed by atoms with E-state index in [1.54, 1.807) is 17.5 Å². The van der Waals surface area contributed by atoms with Gasteiger partial charge in [-0.2, -0.15) is 0 Å². The van der Waals surface area contributed by atoms with Crippen LogP contribution in [0.1, 0.15) is 30.7 Å². The van der Waals surface area contributed by atoms with Gasteiger partial charge >= 0.3 is 0 Å². The SMILES string of the molecule is OC1(c2nccs2)CC2CCCNC2C1. The highest BCUT2D eigenvalue weighted by Gasteiger charge is 2.47. The Morgan fingerprint density at radius 3 is 3.20 bits per heavy atom. The predicted octanol–water partition coefficient (Wildman–Crippen LogP) is 1.49. The molecule has 3 nitrogen and oxygen atoms in total. The molecule has 3 rings (SSSR count). The molecule has 1 aromatic heterocycles. The van der Waals surface area contributed by atoms with Crippen molar-refractivity contribution in [1.82, 2.24) is 10.3 Å². The van der Waals surface area contributed by atoms with Crippen LogP contribution in [0.4, 0.5) is 0 Å². The van der Waals surface area contributed by atoms with Gasteiger partial charge in [0.1, 0.15) is 10.6 Å². The van der Waals surface area contributed by atoms with Gasteiger partial charge in [-0.1, -0.05) is 0 Å². The number of nitrogens with one attached hydrogen (secondary N) is 1. The summed E-state index contributed by atoms with van der Waals surface area (Å²) in [7, 11) is 0. The van der Waals surface area contributed by atoms with Crippen molar-refractivity contribution in [2.45, 2.75) is 37.3 Å². The number of nitrogens with zero attached hydrogens (tertiary/aromatic N) is 1. The van der Waals surface area contributed by atoms with Crippen molar-refractivity contribution in [2.75, 3.05) is 6.54 Å². The molecular weight excluding hydrogens is 208 g/mol. The van der Waals surface area contributed by atoms with E-state index < -0.39 is 5.60 Å². The van der Waals surface area contributed by atoms with Crippen molar-refractivity contribution < 1.29 is 5.11 Å². The van der Waals surface area contributed by atoms with Crippen LogP contribution in [0.5, 0.6) is 0 Å². The Labute approximate surface area is 93.5 Å². The highest BCUT2D eigenvalue weighted by Crippen LogP contribution is 2.45. The zero-order valence-electron chi connectivity index (χ0n) is 8.65. The number of aliphatic hydroxyl groups is 1. The van der Waals surface area contributed by atoms with Gasteiger partial charge in [0, 0.05) is 17.6 Å². The lowest BCUT2D eigenvalue weighted by molar-refractivity contribution is 0.0387. The van der Waals surface area contributed by atoms with E-state index in [-0.39, 0.29) is 0 Å². The fraction of sp³-hybridized carbons (Fsp3) is 0.727. The van der Waals surface area contributed by atoms with E-state index in [9.17, 15) is 5.11 Å². The molecular formula is C11H16N2OS. The first-order valence-electron chi connectivity index (χ1n) is 5.64. The maximum absolute atomic E-state index is 10.6. The fourth-order valence-corrected chi connectivity index (χ4v) is 3.77. The summed E-state index contributed by atoms with van der Waals surface area (Å²) in [5, 5.41) is 17.0. The van der Waals surface area contributed by atoms with Gasteiger partial charge in [0.25, 0.3) is 0 Å². The number of hydrogen-bond acceptors (Lipinski definition) is 4. The van der Waals surface area contributed by atoms with E-state index >= 15 is 0 Å². The monoisotopic (exact) mass is 224 g/mol. The van der Waals surface area contributed by atoms with Crippen LogP contribution in [-0.2, 0) is 5.60 Å². The molecule has 0 bridgehead atoms. The summed E-state index contributed by atoms with van der Waals surface area (Å²) in [4.78, 5) is 4.27. The Kier molecular flexibility index (Phi) is 2.30. The van der Waals surface area contributed by atoms with Crippen LogP contribution in [0.25, 0.3) is 0 Å². The van der Waals surface area contributed by atoms with Crippen LogP contribution in [0.3, 0.4) is 0 Å². The Morgan fingerprint density at radius 2 is 2.47 bits per heavy atom. The molecule has 2 fully saturated rings. The summed E-state index contributed by atoms with van der Waals surface area (Å²) in [6.45, 7) is 1.11. The van der Waals surface area contributed by atoms with E-state index in [0.717, 1.165) is 24.4 Å². The molecule has 4 heteroatoms. The summed E-state index contributed by atoms with van der Waals surface area (Å²) in [5.41, 5.74) is -0.652. The molecule has 0 spiro atoms. The van der Waals surface area contributed by atoms with Gasteiger partial charge in [-0.25, -0.2) is 4.98 Å². The molecule has 3 unspecified atom stereocenters. The molecule has 1 aliphatic heterocycles. The summed E-state index contributed by atoms with van der Waals surface area (Å²) in [6.07, 6.45) is 6.01. The van der Waals surface area contributed by atoms with Gasteiger partial charge < -0.3 is 10.4 Å². The molecule has 0 amide bonds. The van der Waals surface area contributed by atoms with Crippen molar-refractivity contribution >= 4 is 11.3 Å². The second-order valence-corrected chi connectivity index (χ2v) is 5.63. The van der Waals surface area contributed by atoms with E-state index in [0.29, 0.717) is 12.0 Å². The number of hydrogen-bond donors (Lipinski definition) is 2. The molecule has 1 aromatic rings. The van der Waals surface area contributed by atoms with Crippen LogP contribution in [0, 0.1) is 5.92 Å². The molecule has 0 aromatic carbocycles. The number of aromatic nitrogens is 1. The van der Waals surface area contributed by atoms with Crippen molar-refractivity contribution in [2.24, 2.45) is 5.92 Å². The van der Waals surface area contributed by atoms with Crippen LogP contribution in [0.2, 0.25) is 0 Å². The molecule has 82 valence electrons. The first-order chi connectivity index (χ1) is 7.28. The standard InChI is InChI=1S/C11H16N2OS/c14-11(10-13-4-5-15-10)6-8-2-1-3-12-9(8)7-11/h4-5,8-9,12,14H,1-3,6-7H2. The predicted molar refractivity (Wildman–Crippen MR) is 59.8 cm³/mol. The van der Waals surface area contributed by atoms with Crippen LogP contribution < -0.4 is 5.32 Å². The summed E-state index contributed by atoms with van der Waals surface area (Å²) in [5.74, 6) is 0.646. The third kappa shape index (κ3) is 1.61. The van der Waals surface area contributed by atoms with Gasteiger partial charge in [0.15, 0.2) is 0 Å². The largest absolute Gasteiger partial charge is 0.383 e. The van der Waals surface area contributed by atoms with Crippen molar-refractivity contribution in [3.05, 3.63) is 16.6 Å². The first kappa shape index (κ1) is 9.75. The van der Waals surface area contributed by atoms with Crippen molar-refractivity contribution in [3.8, 4) is 0 Å². The van der Waals surface area contributed by atoms with Crippen LogP contribution >= 0.6 is 11.3 Å². The molecule has 15 heavy (non-hydrogen) atoms. The van der Waals surface area contributed by atoms with E-state index in [1.807, 2.05) is 5.38 Å². The van der Waals surface area contributed by atoms with Crippen LogP contribution in [-0.4, -0.2) is 22.7 Å². The molecule has 1 saturated heterocycles. The molecule has 2 heterocycles. The molecule has 0 radical (unpaired) electrons. The van der Waals surface area contributed by atoms with Gasteiger partial charge in [0.05, 0.1) is 0 Å². The molecule has 3 atom stereocenters. The number of piperidine rings is 1. The van der Waals surface area contributed by atoms with E-state index in [2.05, 4.69) is 10.3 Å². The summed E-state index contributed by atoms with van der Waals surface area (Å²) in [6, 6.07) is 0.507. The molecule has 2 N–H and O–H groups in total. The van der Waals surface area contributed by atoms with Crippen molar-refractivity contribution in [1.29, 1.82) is 0 Å². The van der Waals surface area contributed by atoms with Crippen molar-refractivity contribution in [3.63, 3.8) is 0 Å². The van der Waals surface area contributed by atoms with Gasteiger partial charge in [-0.05, 0) is 38.1 Å². The third-order valence-corrected chi connectivity index (χ3v) is 4.68. The third-order valence-electron chi connectivity index (χ3n) is 3.72. The zero-order valence-corrected chi connectivity index (χ0v) is 9.46. The second-order valence-electron chi connectivity index (χ2n) is 4.74. The molecule has 1 aliphatic carbocycles. The minimum absolute atomic E-state index is 0.507. The number of rotatable bonds is 1. The average Bonchev–Trinajstić information content (AvgIpc) is 2.83. The lowest BCUT2D eigenvalue weighted by Crippen LogP contribution is -2.38. The Bertz CT molecular complexity index is 324. The van der Waals surface area contributed by atoms with Gasteiger partial charge in [-0.15, -0.1) is 11.3 Å². The topological polar surface area (TPSA) is 45.2 Å². The fourth-order valence-electron chi connectivity index (χ4n) is 3.01. The highest BCUT2D eigenvalue weighted by atomic mass is 32.1. The lowest BCUT2D eigenvalue weighted by Gasteiger charge is -2.25. The van der Waals surface area contributed by atoms with Gasteiger partial charge in [-0.3, -0.25) is 0 Å².